The fourth-order valence-corrected chi connectivity index (χ4v) is 3.90. The number of nitrogens with one attached hydrogen (secondary N) is 1. The molecule has 0 spiro atoms. The molecule has 0 aromatic carbocycles. The highest BCUT2D eigenvalue weighted by Crippen LogP contribution is 2.37. The average molecular weight is 320 g/mol. The van der Waals surface area contributed by atoms with Gasteiger partial charge in [0.2, 0.25) is 5.91 Å². The number of nitrogens with zero attached hydrogens (tertiary/aromatic N) is 3. The van der Waals surface area contributed by atoms with Gasteiger partial charge in [0.15, 0.2) is 0 Å². The molecule has 2 aliphatic heterocycles. The number of fused-ring (bicyclic) bond motifs is 1. The summed E-state index contributed by atoms with van der Waals surface area (Å²) in [5.74, 6) is 0.0620. The van der Waals surface area contributed by atoms with E-state index in [-0.39, 0.29) is 18.5 Å². The number of carboxylic acid groups (broad SMARTS) is 1. The molecule has 2 fully saturated rings. The maximum atomic E-state index is 12.6. The van der Waals surface area contributed by atoms with Crippen LogP contribution in [0.25, 0.3) is 0 Å². The maximum Gasteiger partial charge on any atom is 0.313 e. The van der Waals surface area contributed by atoms with E-state index >= 15 is 0 Å². The van der Waals surface area contributed by atoms with Gasteiger partial charge in [-0.15, -0.1) is 0 Å². The molecule has 3 heterocycles. The van der Waals surface area contributed by atoms with Gasteiger partial charge < -0.3 is 19.9 Å². The van der Waals surface area contributed by atoms with Crippen molar-refractivity contribution in [1.29, 1.82) is 0 Å². The number of imidazole rings is 1. The minimum Gasteiger partial charge on any atom is -0.481 e. The van der Waals surface area contributed by atoms with Crippen molar-refractivity contribution in [3.05, 3.63) is 18.2 Å². The van der Waals surface area contributed by atoms with Crippen molar-refractivity contribution in [2.45, 2.75) is 45.2 Å². The average Bonchev–Trinajstić information content (AvgIpc) is 3.01. The Labute approximate surface area is 135 Å². The molecular formula is C16H24N4O3. The number of rotatable bonds is 4. The largest absolute Gasteiger partial charge is 0.481 e. The van der Waals surface area contributed by atoms with Crippen molar-refractivity contribution < 1.29 is 14.7 Å². The van der Waals surface area contributed by atoms with Gasteiger partial charge in [-0.2, -0.15) is 0 Å². The number of likely N-dealkylation sites (tertiary alicyclic amines) is 1. The van der Waals surface area contributed by atoms with Crippen LogP contribution in [0.3, 0.4) is 0 Å². The third-order valence-electron chi connectivity index (χ3n) is 5.22. The molecule has 2 saturated heterocycles. The Morgan fingerprint density at radius 1 is 1.52 bits per heavy atom. The van der Waals surface area contributed by atoms with Crippen molar-refractivity contribution in [3.63, 3.8) is 0 Å². The Hall–Kier alpha value is -1.89. The third-order valence-corrected chi connectivity index (χ3v) is 5.22. The number of piperidine rings is 2. The van der Waals surface area contributed by atoms with Gasteiger partial charge in [0.05, 0.1) is 0 Å². The number of aromatic nitrogens is 2. The second kappa shape index (κ2) is 6.31. The molecule has 1 amide bonds. The lowest BCUT2D eigenvalue weighted by atomic mass is 9.70. The first-order valence-corrected chi connectivity index (χ1v) is 8.31. The van der Waals surface area contributed by atoms with Crippen LogP contribution < -0.4 is 5.32 Å². The molecule has 0 radical (unpaired) electrons. The van der Waals surface area contributed by atoms with Gasteiger partial charge in [0.1, 0.15) is 17.8 Å². The molecular weight excluding hydrogens is 296 g/mol. The number of amides is 1. The SMILES string of the molecule is CCc1nccn1CC(=O)N1CC[C@H]2NCCC[C@]2(C(=O)O)C1. The number of hydrogen-bond donors (Lipinski definition) is 2. The highest BCUT2D eigenvalue weighted by Gasteiger charge is 2.51. The van der Waals surface area contributed by atoms with E-state index in [1.165, 1.54) is 0 Å². The fraction of sp³-hybridized carbons (Fsp3) is 0.688. The Bertz CT molecular complexity index is 600. The zero-order valence-electron chi connectivity index (χ0n) is 13.5. The summed E-state index contributed by atoms with van der Waals surface area (Å²) in [5.41, 5.74) is -0.839. The molecule has 1 aromatic rings. The summed E-state index contributed by atoms with van der Waals surface area (Å²) in [7, 11) is 0. The first-order chi connectivity index (χ1) is 11.1. The number of aryl methyl sites for hydroxylation is 1. The van der Waals surface area contributed by atoms with Crippen LogP contribution in [0.5, 0.6) is 0 Å². The monoisotopic (exact) mass is 320 g/mol. The molecule has 0 bridgehead atoms. The van der Waals surface area contributed by atoms with Crippen LogP contribution in [0.15, 0.2) is 12.4 Å². The van der Waals surface area contributed by atoms with Crippen LogP contribution in [0.1, 0.15) is 32.0 Å². The molecule has 2 aliphatic rings. The minimum atomic E-state index is -0.839. The van der Waals surface area contributed by atoms with E-state index < -0.39 is 11.4 Å². The number of hydrogen-bond acceptors (Lipinski definition) is 4. The van der Waals surface area contributed by atoms with Gasteiger partial charge in [0.25, 0.3) is 0 Å². The molecule has 2 atom stereocenters. The Morgan fingerprint density at radius 3 is 3.09 bits per heavy atom. The smallest absolute Gasteiger partial charge is 0.313 e. The lowest BCUT2D eigenvalue weighted by Gasteiger charge is -2.48. The highest BCUT2D eigenvalue weighted by molar-refractivity contribution is 5.80. The maximum absolute atomic E-state index is 12.6. The molecule has 2 N–H and O–H groups in total. The van der Waals surface area contributed by atoms with Crippen molar-refractivity contribution >= 4 is 11.9 Å². The summed E-state index contributed by atoms with van der Waals surface area (Å²) in [6.07, 6.45) is 6.44. The standard InChI is InChI=1S/C16H24N4O3/c1-2-13-18-7-9-19(13)10-14(21)20-8-4-12-16(11-20,15(22)23)5-3-6-17-12/h7,9,12,17H,2-6,8,10-11H2,1H3,(H,22,23)/t12-,16+/m1/s1. The first-order valence-electron chi connectivity index (χ1n) is 8.31. The van der Waals surface area contributed by atoms with Crippen LogP contribution in [-0.4, -0.2) is 57.1 Å². The normalized spacial score (nSPS) is 27.5. The van der Waals surface area contributed by atoms with Crippen LogP contribution in [0.4, 0.5) is 0 Å². The second-order valence-electron chi connectivity index (χ2n) is 6.50. The van der Waals surface area contributed by atoms with Gasteiger partial charge >= 0.3 is 5.97 Å². The summed E-state index contributed by atoms with van der Waals surface area (Å²) in [6, 6.07) is -0.0303. The Kier molecular flexibility index (Phi) is 4.39. The van der Waals surface area contributed by atoms with Gasteiger partial charge in [-0.25, -0.2) is 4.98 Å². The van der Waals surface area contributed by atoms with Gasteiger partial charge in [-0.1, -0.05) is 6.92 Å². The summed E-state index contributed by atoms with van der Waals surface area (Å²) >= 11 is 0. The van der Waals surface area contributed by atoms with Crippen molar-refractivity contribution in [3.8, 4) is 0 Å². The van der Waals surface area contributed by atoms with E-state index in [9.17, 15) is 14.7 Å². The highest BCUT2D eigenvalue weighted by atomic mass is 16.4. The summed E-state index contributed by atoms with van der Waals surface area (Å²) in [4.78, 5) is 30.5. The molecule has 7 nitrogen and oxygen atoms in total. The fourth-order valence-electron chi connectivity index (χ4n) is 3.90. The lowest BCUT2D eigenvalue weighted by Crippen LogP contribution is -2.64. The van der Waals surface area contributed by atoms with E-state index in [0.717, 1.165) is 25.2 Å². The molecule has 0 unspecified atom stereocenters. The zero-order valence-corrected chi connectivity index (χ0v) is 13.5. The van der Waals surface area contributed by atoms with Gasteiger partial charge in [-0.3, -0.25) is 9.59 Å². The van der Waals surface area contributed by atoms with Gasteiger partial charge in [0, 0.05) is 37.9 Å². The number of aliphatic carboxylic acids is 1. The van der Waals surface area contributed by atoms with Crippen molar-refractivity contribution in [2.24, 2.45) is 5.41 Å². The molecule has 1 aromatic heterocycles. The summed E-state index contributed by atoms with van der Waals surface area (Å²) < 4.78 is 1.85. The molecule has 3 rings (SSSR count). The predicted molar refractivity (Wildman–Crippen MR) is 83.9 cm³/mol. The van der Waals surface area contributed by atoms with Crippen LogP contribution in [0, 0.1) is 5.41 Å². The third kappa shape index (κ3) is 2.85. The number of carboxylic acids is 1. The Morgan fingerprint density at radius 2 is 2.35 bits per heavy atom. The van der Waals surface area contributed by atoms with Crippen molar-refractivity contribution in [2.75, 3.05) is 19.6 Å². The first kappa shape index (κ1) is 16.0. The van der Waals surface area contributed by atoms with E-state index in [0.29, 0.717) is 25.9 Å². The van der Waals surface area contributed by atoms with Crippen LogP contribution in [-0.2, 0) is 22.6 Å². The Balaban J connectivity index is 1.73. The molecule has 0 aliphatic carbocycles. The van der Waals surface area contributed by atoms with E-state index in [1.807, 2.05) is 11.5 Å². The lowest BCUT2D eigenvalue weighted by molar-refractivity contribution is -0.159. The van der Waals surface area contributed by atoms with Crippen LogP contribution >= 0.6 is 0 Å². The number of carbonyl (C=O) groups excluding carboxylic acids is 1. The number of carbonyl (C=O) groups is 2. The summed E-state index contributed by atoms with van der Waals surface area (Å²) in [6.45, 7) is 4.01. The van der Waals surface area contributed by atoms with E-state index in [2.05, 4.69) is 10.3 Å². The van der Waals surface area contributed by atoms with Gasteiger partial charge in [-0.05, 0) is 25.8 Å². The van der Waals surface area contributed by atoms with E-state index in [1.54, 1.807) is 17.3 Å². The zero-order chi connectivity index (χ0) is 16.4. The molecule has 0 saturated carbocycles. The van der Waals surface area contributed by atoms with Crippen molar-refractivity contribution in [1.82, 2.24) is 19.8 Å². The van der Waals surface area contributed by atoms with E-state index in [4.69, 9.17) is 0 Å². The molecule has 23 heavy (non-hydrogen) atoms. The summed E-state index contributed by atoms with van der Waals surface area (Å²) in [5, 5.41) is 13.1. The predicted octanol–water partition coefficient (Wildman–Crippen LogP) is 0.501. The molecule has 126 valence electrons. The topological polar surface area (TPSA) is 87.5 Å². The minimum absolute atomic E-state index is 0.0256. The van der Waals surface area contributed by atoms with Crippen LogP contribution in [0.2, 0.25) is 0 Å². The molecule has 7 heteroatoms. The second-order valence-corrected chi connectivity index (χ2v) is 6.50. The quantitative estimate of drug-likeness (QED) is 0.843.